The van der Waals surface area contributed by atoms with Gasteiger partial charge >= 0.3 is 17.1 Å². The van der Waals surface area contributed by atoms with Crippen molar-refractivity contribution in [2.45, 2.75) is 63.9 Å². The van der Waals surface area contributed by atoms with Crippen molar-refractivity contribution in [2.24, 2.45) is 0 Å². The molecular formula is C12H30O5Si2. The highest BCUT2D eigenvalue weighted by Crippen LogP contribution is 2.26. The third kappa shape index (κ3) is 8.90. The highest BCUT2D eigenvalue weighted by atomic mass is 28.5. The van der Waals surface area contributed by atoms with Crippen LogP contribution in [0.25, 0.3) is 0 Å². The molecule has 2 unspecified atom stereocenters. The van der Waals surface area contributed by atoms with Crippen LogP contribution < -0.4 is 0 Å². The van der Waals surface area contributed by atoms with Gasteiger partial charge in [-0.25, -0.2) is 0 Å². The second-order valence-electron chi connectivity index (χ2n) is 5.51. The molecule has 0 radical (unpaired) electrons. The van der Waals surface area contributed by atoms with E-state index in [-0.39, 0.29) is 6.61 Å². The van der Waals surface area contributed by atoms with E-state index in [1.807, 2.05) is 0 Å². The predicted molar refractivity (Wildman–Crippen MR) is 80.4 cm³/mol. The van der Waals surface area contributed by atoms with Crippen molar-refractivity contribution in [1.29, 1.82) is 0 Å². The Labute approximate surface area is 119 Å². The van der Waals surface area contributed by atoms with E-state index in [2.05, 4.69) is 6.92 Å². The zero-order chi connectivity index (χ0) is 14.9. The van der Waals surface area contributed by atoms with Gasteiger partial charge in [-0.1, -0.05) is 32.6 Å². The maximum absolute atomic E-state index is 10.00. The normalized spacial score (nSPS) is 17.2. The summed E-state index contributed by atoms with van der Waals surface area (Å²) in [5.41, 5.74) is 0. The van der Waals surface area contributed by atoms with Gasteiger partial charge in [0.05, 0.1) is 12.7 Å². The summed E-state index contributed by atoms with van der Waals surface area (Å²) in [5, 5.41) is 18.7. The second kappa shape index (κ2) is 9.22. The third-order valence-electron chi connectivity index (χ3n) is 2.98. The molecule has 0 aromatic rings. The van der Waals surface area contributed by atoms with Crippen molar-refractivity contribution in [1.82, 2.24) is 0 Å². The van der Waals surface area contributed by atoms with E-state index in [1.165, 1.54) is 0 Å². The van der Waals surface area contributed by atoms with Crippen LogP contribution in [0.1, 0.15) is 32.6 Å². The number of hydrogen-bond acceptors (Lipinski definition) is 5. The first-order valence-electron chi connectivity index (χ1n) is 7.05. The summed E-state index contributed by atoms with van der Waals surface area (Å²) in [6, 6.07) is 1.06. The summed E-state index contributed by atoms with van der Waals surface area (Å²) in [5.74, 6) is 0. The van der Waals surface area contributed by atoms with Crippen LogP contribution in [0.4, 0.5) is 0 Å². The van der Waals surface area contributed by atoms with Crippen LogP contribution in [-0.2, 0) is 8.54 Å². The number of hydrogen-bond donors (Lipinski definition) is 3. The summed E-state index contributed by atoms with van der Waals surface area (Å²) in [4.78, 5) is 10.00. The van der Waals surface area contributed by atoms with E-state index in [0.717, 1.165) is 31.7 Å². The molecule has 19 heavy (non-hydrogen) atoms. The second-order valence-corrected chi connectivity index (χ2v) is 12.4. The quantitative estimate of drug-likeness (QED) is 0.400. The average molecular weight is 311 g/mol. The Balaban J connectivity index is 4.65. The minimum absolute atomic E-state index is 0.302. The van der Waals surface area contributed by atoms with Gasteiger partial charge in [-0.3, -0.25) is 0 Å². The first-order chi connectivity index (χ1) is 8.78. The molecule has 0 saturated carbocycles. The summed E-state index contributed by atoms with van der Waals surface area (Å²) in [6.07, 6.45) is 3.55. The van der Waals surface area contributed by atoms with Crippen molar-refractivity contribution in [2.75, 3.05) is 13.7 Å². The molecule has 7 heteroatoms. The van der Waals surface area contributed by atoms with Gasteiger partial charge in [0, 0.05) is 13.2 Å². The van der Waals surface area contributed by atoms with E-state index < -0.39 is 23.2 Å². The number of aliphatic hydroxyl groups excluding tert-OH is 2. The highest BCUT2D eigenvalue weighted by molar-refractivity contribution is 6.79. The van der Waals surface area contributed by atoms with Crippen molar-refractivity contribution >= 4 is 17.1 Å². The van der Waals surface area contributed by atoms with E-state index in [9.17, 15) is 9.90 Å². The molecule has 5 nitrogen and oxygen atoms in total. The summed E-state index contributed by atoms with van der Waals surface area (Å²) in [7, 11) is -3.78. The van der Waals surface area contributed by atoms with Gasteiger partial charge in [-0.2, -0.15) is 0 Å². The Hall–Kier alpha value is 0.234. The molecule has 0 aliphatic rings. The molecule has 0 saturated heterocycles. The van der Waals surface area contributed by atoms with Crippen molar-refractivity contribution < 1.29 is 23.5 Å². The smallest absolute Gasteiger partial charge is 0.331 e. The number of rotatable bonds is 11. The maximum Gasteiger partial charge on any atom is 0.331 e. The van der Waals surface area contributed by atoms with Gasteiger partial charge in [0.2, 0.25) is 0 Å². The van der Waals surface area contributed by atoms with Crippen LogP contribution in [0.2, 0.25) is 25.2 Å². The molecule has 0 heterocycles. The summed E-state index contributed by atoms with van der Waals surface area (Å²) in [6.45, 7) is 5.25. The lowest BCUT2D eigenvalue weighted by Gasteiger charge is -2.35. The minimum atomic E-state index is -2.72. The summed E-state index contributed by atoms with van der Waals surface area (Å²) >= 11 is 0. The largest absolute Gasteiger partial charge is 0.415 e. The van der Waals surface area contributed by atoms with Crippen LogP contribution in [0, 0.1) is 0 Å². The lowest BCUT2D eigenvalue weighted by Crippen LogP contribution is -2.52. The Morgan fingerprint density at radius 1 is 1.16 bits per heavy atom. The molecule has 0 fully saturated rings. The lowest BCUT2D eigenvalue weighted by molar-refractivity contribution is 0.0988. The maximum atomic E-state index is 10.00. The molecule has 0 spiro atoms. The molecule has 0 aliphatic heterocycles. The predicted octanol–water partition coefficient (Wildman–Crippen LogP) is 1.72. The third-order valence-corrected chi connectivity index (χ3v) is 9.42. The highest BCUT2D eigenvalue weighted by Gasteiger charge is 2.43. The van der Waals surface area contributed by atoms with E-state index in [1.54, 1.807) is 20.2 Å². The molecule has 0 bridgehead atoms. The Kier molecular flexibility index (Phi) is 9.33. The monoisotopic (exact) mass is 310 g/mol. The SMILES string of the molecule is CCCCCC[Si](CC(O)CO)(OC)O[Si](C)(C)O. The van der Waals surface area contributed by atoms with E-state index in [4.69, 9.17) is 13.6 Å². The number of unbranched alkanes of at least 4 members (excludes halogenated alkanes) is 3. The Morgan fingerprint density at radius 3 is 2.21 bits per heavy atom. The van der Waals surface area contributed by atoms with Crippen LogP contribution in [0.15, 0.2) is 0 Å². The molecule has 2 atom stereocenters. The van der Waals surface area contributed by atoms with Crippen molar-refractivity contribution in [3.63, 3.8) is 0 Å². The molecule has 0 aliphatic carbocycles. The topological polar surface area (TPSA) is 79.2 Å². The molecular weight excluding hydrogens is 280 g/mol. The molecule has 116 valence electrons. The van der Waals surface area contributed by atoms with Gasteiger partial charge in [-0.15, -0.1) is 0 Å². The fourth-order valence-electron chi connectivity index (χ4n) is 2.12. The van der Waals surface area contributed by atoms with Gasteiger partial charge < -0.3 is 23.5 Å². The molecule has 3 N–H and O–H groups in total. The van der Waals surface area contributed by atoms with Crippen molar-refractivity contribution in [3.8, 4) is 0 Å². The zero-order valence-corrected chi connectivity index (χ0v) is 14.7. The average Bonchev–Trinajstić information content (AvgIpc) is 2.32. The molecule has 0 amide bonds. The Bertz CT molecular complexity index is 235. The first-order valence-corrected chi connectivity index (χ1v) is 12.1. The zero-order valence-electron chi connectivity index (χ0n) is 12.7. The van der Waals surface area contributed by atoms with Gasteiger partial charge in [0.15, 0.2) is 0 Å². The molecule has 0 rings (SSSR count). The van der Waals surface area contributed by atoms with Crippen LogP contribution in [-0.4, -0.2) is 52.0 Å². The fourth-order valence-corrected chi connectivity index (χ4v) is 9.05. The van der Waals surface area contributed by atoms with E-state index in [0.29, 0.717) is 6.04 Å². The summed E-state index contributed by atoms with van der Waals surface area (Å²) < 4.78 is 11.5. The minimum Gasteiger partial charge on any atom is -0.415 e. The lowest BCUT2D eigenvalue weighted by atomic mass is 10.2. The molecule has 0 aromatic heterocycles. The van der Waals surface area contributed by atoms with Crippen LogP contribution >= 0.6 is 0 Å². The van der Waals surface area contributed by atoms with Gasteiger partial charge in [-0.05, 0) is 19.1 Å². The van der Waals surface area contributed by atoms with E-state index >= 15 is 0 Å². The standard InChI is InChI=1S/C12H30O5Si2/c1-5-6-7-8-9-19(16-2,11-12(14)10-13)17-18(3,4)15/h12-15H,5-11H2,1-4H3. The van der Waals surface area contributed by atoms with Crippen LogP contribution in [0.3, 0.4) is 0 Å². The first kappa shape index (κ1) is 19.2. The molecule has 0 aromatic carbocycles. The van der Waals surface area contributed by atoms with Crippen LogP contribution in [0.5, 0.6) is 0 Å². The van der Waals surface area contributed by atoms with Gasteiger partial charge in [0.25, 0.3) is 0 Å². The van der Waals surface area contributed by atoms with Gasteiger partial charge in [0.1, 0.15) is 0 Å². The Morgan fingerprint density at radius 2 is 1.79 bits per heavy atom. The van der Waals surface area contributed by atoms with Crippen molar-refractivity contribution in [3.05, 3.63) is 0 Å². The number of aliphatic hydroxyl groups is 2. The fraction of sp³-hybridized carbons (Fsp3) is 1.00.